The predicted octanol–water partition coefficient (Wildman–Crippen LogP) is 1.30. The van der Waals surface area contributed by atoms with Gasteiger partial charge in [0.05, 0.1) is 11.0 Å². The molecule has 4 heteroatoms. The second-order valence-corrected chi connectivity index (χ2v) is 2.67. The van der Waals surface area contributed by atoms with Crippen molar-refractivity contribution in [3.8, 4) is 0 Å². The number of aryl methyl sites for hydroxylation is 1. The van der Waals surface area contributed by atoms with E-state index in [4.69, 9.17) is 0 Å². The standard InChI is InChI=1S/C8H7FN2O/c1-4-5(9)2-3-6-7(4)11-8(12)10-6/h2-3H,1H3,(H2,10,11,12). The quantitative estimate of drug-likeness (QED) is 0.609. The van der Waals surface area contributed by atoms with E-state index in [-0.39, 0.29) is 11.5 Å². The monoisotopic (exact) mass is 166 g/mol. The van der Waals surface area contributed by atoms with E-state index in [0.717, 1.165) is 0 Å². The van der Waals surface area contributed by atoms with E-state index in [0.29, 0.717) is 16.6 Å². The summed E-state index contributed by atoms with van der Waals surface area (Å²) in [4.78, 5) is 15.9. The Morgan fingerprint density at radius 2 is 2.08 bits per heavy atom. The SMILES string of the molecule is Cc1c(F)ccc2[nH]c(=O)[nH]c12. The molecule has 1 heterocycles. The number of imidazole rings is 1. The first-order valence-electron chi connectivity index (χ1n) is 3.55. The molecule has 0 aliphatic heterocycles. The number of nitrogens with one attached hydrogen (secondary N) is 2. The number of rotatable bonds is 0. The van der Waals surface area contributed by atoms with Gasteiger partial charge in [0.2, 0.25) is 0 Å². The molecular formula is C8H7FN2O. The van der Waals surface area contributed by atoms with Crippen LogP contribution in [0.1, 0.15) is 5.56 Å². The first-order valence-corrected chi connectivity index (χ1v) is 3.55. The zero-order valence-corrected chi connectivity index (χ0v) is 6.44. The largest absolute Gasteiger partial charge is 0.323 e. The lowest BCUT2D eigenvalue weighted by molar-refractivity contribution is 0.620. The highest BCUT2D eigenvalue weighted by molar-refractivity contribution is 5.77. The van der Waals surface area contributed by atoms with E-state index < -0.39 is 0 Å². The third-order valence-electron chi connectivity index (χ3n) is 1.89. The van der Waals surface area contributed by atoms with E-state index in [1.165, 1.54) is 12.1 Å². The van der Waals surface area contributed by atoms with E-state index in [1.54, 1.807) is 6.92 Å². The molecule has 0 fully saturated rings. The van der Waals surface area contributed by atoms with Gasteiger partial charge in [0.25, 0.3) is 0 Å². The number of halogens is 1. The average Bonchev–Trinajstić information content (AvgIpc) is 2.39. The fourth-order valence-electron chi connectivity index (χ4n) is 1.22. The van der Waals surface area contributed by atoms with Gasteiger partial charge in [-0.25, -0.2) is 9.18 Å². The Kier molecular flexibility index (Phi) is 1.30. The van der Waals surface area contributed by atoms with Gasteiger partial charge in [-0.2, -0.15) is 0 Å². The molecule has 0 aliphatic carbocycles. The van der Waals surface area contributed by atoms with Crippen LogP contribution in [0.2, 0.25) is 0 Å². The van der Waals surface area contributed by atoms with E-state index in [1.807, 2.05) is 0 Å². The topological polar surface area (TPSA) is 48.6 Å². The molecule has 0 saturated heterocycles. The third-order valence-corrected chi connectivity index (χ3v) is 1.89. The number of H-pyrrole nitrogens is 2. The lowest BCUT2D eigenvalue weighted by Gasteiger charge is -1.95. The van der Waals surface area contributed by atoms with E-state index in [9.17, 15) is 9.18 Å². The molecule has 0 radical (unpaired) electrons. The molecule has 0 amide bonds. The Labute approximate surface area is 67.2 Å². The molecule has 0 atom stereocenters. The highest BCUT2D eigenvalue weighted by Crippen LogP contribution is 2.15. The van der Waals surface area contributed by atoms with Crippen molar-refractivity contribution < 1.29 is 4.39 Å². The Morgan fingerprint density at radius 3 is 2.83 bits per heavy atom. The van der Waals surface area contributed by atoms with Crippen molar-refractivity contribution in [2.75, 3.05) is 0 Å². The molecule has 0 unspecified atom stereocenters. The molecule has 2 N–H and O–H groups in total. The maximum Gasteiger partial charge on any atom is 0.323 e. The number of aromatic nitrogens is 2. The van der Waals surface area contributed by atoms with Gasteiger partial charge in [-0.05, 0) is 19.1 Å². The first-order chi connectivity index (χ1) is 5.68. The molecule has 62 valence electrons. The van der Waals surface area contributed by atoms with Crippen LogP contribution in [0.3, 0.4) is 0 Å². The fourth-order valence-corrected chi connectivity index (χ4v) is 1.22. The Balaban J connectivity index is 2.99. The van der Waals surface area contributed by atoms with Gasteiger partial charge in [0.1, 0.15) is 5.82 Å². The highest BCUT2D eigenvalue weighted by Gasteiger charge is 2.04. The molecule has 12 heavy (non-hydrogen) atoms. The Morgan fingerprint density at radius 1 is 1.33 bits per heavy atom. The smallest absolute Gasteiger partial charge is 0.306 e. The van der Waals surface area contributed by atoms with Crippen molar-refractivity contribution in [2.24, 2.45) is 0 Å². The molecule has 1 aromatic heterocycles. The summed E-state index contributed by atoms with van der Waals surface area (Å²) in [5.41, 5.74) is 1.34. The molecule has 3 nitrogen and oxygen atoms in total. The van der Waals surface area contributed by atoms with Gasteiger partial charge in [-0.3, -0.25) is 0 Å². The van der Waals surface area contributed by atoms with Crippen LogP contribution < -0.4 is 5.69 Å². The lowest BCUT2D eigenvalue weighted by atomic mass is 10.2. The molecular weight excluding hydrogens is 159 g/mol. The Hall–Kier alpha value is -1.58. The van der Waals surface area contributed by atoms with Crippen molar-refractivity contribution in [1.29, 1.82) is 0 Å². The number of hydrogen-bond acceptors (Lipinski definition) is 1. The van der Waals surface area contributed by atoms with Crippen LogP contribution in [0.5, 0.6) is 0 Å². The maximum atomic E-state index is 12.9. The Bertz CT molecular complexity index is 483. The summed E-state index contributed by atoms with van der Waals surface area (Å²) < 4.78 is 12.9. The van der Waals surface area contributed by atoms with Crippen molar-refractivity contribution in [3.05, 3.63) is 34.0 Å². The van der Waals surface area contributed by atoms with Gasteiger partial charge in [0.15, 0.2) is 0 Å². The van der Waals surface area contributed by atoms with Crippen molar-refractivity contribution in [2.45, 2.75) is 6.92 Å². The molecule has 2 rings (SSSR count). The van der Waals surface area contributed by atoms with E-state index >= 15 is 0 Å². The van der Waals surface area contributed by atoms with Crippen LogP contribution >= 0.6 is 0 Å². The minimum Gasteiger partial charge on any atom is -0.306 e. The zero-order valence-electron chi connectivity index (χ0n) is 6.44. The molecule has 2 aromatic rings. The second-order valence-electron chi connectivity index (χ2n) is 2.67. The van der Waals surface area contributed by atoms with Gasteiger partial charge in [-0.15, -0.1) is 0 Å². The summed E-state index contributed by atoms with van der Waals surface area (Å²) in [6, 6.07) is 2.87. The molecule has 1 aromatic carbocycles. The van der Waals surface area contributed by atoms with Crippen molar-refractivity contribution in [1.82, 2.24) is 9.97 Å². The average molecular weight is 166 g/mol. The van der Waals surface area contributed by atoms with Gasteiger partial charge in [-0.1, -0.05) is 0 Å². The van der Waals surface area contributed by atoms with Gasteiger partial charge in [0, 0.05) is 5.56 Å². The first kappa shape index (κ1) is 7.09. The van der Waals surface area contributed by atoms with Crippen LogP contribution in [-0.2, 0) is 0 Å². The number of hydrogen-bond donors (Lipinski definition) is 2. The number of fused-ring (bicyclic) bond motifs is 1. The summed E-state index contributed by atoms with van der Waals surface area (Å²) in [6.45, 7) is 1.63. The normalized spacial score (nSPS) is 10.8. The molecule has 0 spiro atoms. The number of benzene rings is 1. The van der Waals surface area contributed by atoms with Gasteiger partial charge < -0.3 is 9.97 Å². The molecule has 0 saturated carbocycles. The minimum atomic E-state index is -0.308. The van der Waals surface area contributed by atoms with Crippen LogP contribution in [0.25, 0.3) is 11.0 Å². The van der Waals surface area contributed by atoms with Crippen LogP contribution in [-0.4, -0.2) is 9.97 Å². The fraction of sp³-hybridized carbons (Fsp3) is 0.125. The van der Waals surface area contributed by atoms with Crippen molar-refractivity contribution >= 4 is 11.0 Å². The van der Waals surface area contributed by atoms with E-state index in [2.05, 4.69) is 9.97 Å². The lowest BCUT2D eigenvalue weighted by Crippen LogP contribution is -1.99. The van der Waals surface area contributed by atoms with Gasteiger partial charge >= 0.3 is 5.69 Å². The summed E-state index contributed by atoms with van der Waals surface area (Å²) in [5.74, 6) is -0.308. The summed E-state index contributed by atoms with van der Waals surface area (Å²) >= 11 is 0. The summed E-state index contributed by atoms with van der Waals surface area (Å²) in [6.07, 6.45) is 0. The number of aromatic amines is 2. The highest BCUT2D eigenvalue weighted by atomic mass is 19.1. The minimum absolute atomic E-state index is 0.307. The summed E-state index contributed by atoms with van der Waals surface area (Å²) in [7, 11) is 0. The van der Waals surface area contributed by atoms with Crippen LogP contribution in [0.4, 0.5) is 4.39 Å². The second kappa shape index (κ2) is 2.20. The van der Waals surface area contributed by atoms with Crippen molar-refractivity contribution in [3.63, 3.8) is 0 Å². The van der Waals surface area contributed by atoms with Crippen LogP contribution in [0, 0.1) is 12.7 Å². The molecule has 0 bridgehead atoms. The summed E-state index contributed by atoms with van der Waals surface area (Å²) in [5, 5.41) is 0. The van der Waals surface area contributed by atoms with Crippen LogP contribution in [0.15, 0.2) is 16.9 Å². The maximum absolute atomic E-state index is 12.9. The predicted molar refractivity (Wildman–Crippen MR) is 43.6 cm³/mol. The zero-order chi connectivity index (χ0) is 8.72. The third kappa shape index (κ3) is 0.845. The molecule has 0 aliphatic rings.